The van der Waals surface area contributed by atoms with Crippen LogP contribution in [0.15, 0.2) is 73.1 Å². The van der Waals surface area contributed by atoms with Crippen LogP contribution in [0.4, 0.5) is 8.78 Å². The fourth-order valence-electron chi connectivity index (χ4n) is 16.4. The molecule has 4 aromatic rings. The molecule has 24 nitrogen and oxygen atoms in total. The van der Waals surface area contributed by atoms with Gasteiger partial charge in [0.25, 0.3) is 0 Å². The number of halogens is 2. The number of sulfonamides is 2. The smallest absolute Gasteiger partial charge is 0.306 e. The molecular formula is C80H104F2N6O18S2. The van der Waals surface area contributed by atoms with Gasteiger partial charge in [-0.3, -0.25) is 47.8 Å². The van der Waals surface area contributed by atoms with Crippen molar-refractivity contribution < 1.29 is 92.4 Å². The first-order chi connectivity index (χ1) is 50.9. The highest BCUT2D eigenvalue weighted by Crippen LogP contribution is 2.59. The Labute approximate surface area is 631 Å². The van der Waals surface area contributed by atoms with Gasteiger partial charge in [0.1, 0.15) is 35.3 Å². The van der Waals surface area contributed by atoms with Crippen molar-refractivity contribution in [3.05, 3.63) is 84.7 Å². The van der Waals surface area contributed by atoms with E-state index in [1.165, 1.54) is 60.7 Å². The summed E-state index contributed by atoms with van der Waals surface area (Å²) in [5.41, 5.74) is -2.60. The first-order valence-electron chi connectivity index (χ1n) is 38.0. The fourth-order valence-corrected chi connectivity index (χ4v) is 19.0. The lowest BCUT2D eigenvalue weighted by molar-refractivity contribution is -0.154. The minimum absolute atomic E-state index is 0.0347. The summed E-state index contributed by atoms with van der Waals surface area (Å²) in [6.07, 6.45) is 14.3. The van der Waals surface area contributed by atoms with Gasteiger partial charge in [-0.2, -0.15) is 0 Å². The van der Waals surface area contributed by atoms with Crippen LogP contribution in [0.3, 0.4) is 0 Å². The SMILES string of the molecule is COc1cc(F)cc2c(O[C@@H]3C[C@H]4C(=O)C[C@]5(C(=O)NS(=O)(=O)C6(C)CC6)C[C@H]5/C=C\CC[C@@H](C)C[C@@H](C)[C@H](CC(=O)OC(C)C)C(=O)N4C3)nccc12.COc1cc(F)cc2c(O[C@@H]3C[C@H]4C(=O)C[C@]5(C(=O)NS(=O)(=O)C6(C)CC6)C[C@H]5/C=C\CC[C@H](C)C[C@@H](C)[C@H](CC(=O)OC(C)C)C(=O)N4C3)nccc12. The molecule has 0 radical (unpaired) electrons. The molecule has 4 aliphatic carbocycles. The van der Waals surface area contributed by atoms with E-state index in [1.807, 2.05) is 38.2 Å². The first kappa shape index (κ1) is 80.9. The van der Waals surface area contributed by atoms with E-state index < -0.39 is 135 Å². The van der Waals surface area contributed by atoms with Crippen LogP contribution in [-0.2, 0) is 67.9 Å². The van der Waals surface area contributed by atoms with Gasteiger partial charge < -0.3 is 38.2 Å². The molecule has 6 fully saturated rings. The van der Waals surface area contributed by atoms with Crippen LogP contribution in [0.25, 0.3) is 21.5 Å². The summed E-state index contributed by atoms with van der Waals surface area (Å²) < 4.78 is 119. The highest BCUT2D eigenvalue weighted by Gasteiger charge is 2.65. The molecule has 8 aliphatic rings. The largest absolute Gasteiger partial charge is 0.496 e. The number of carbonyl (C=O) groups is 8. The summed E-state index contributed by atoms with van der Waals surface area (Å²) in [5.74, 6) is -6.87. The number of aromatic nitrogens is 2. The maximum atomic E-state index is 14.8. The first-order valence-corrected chi connectivity index (χ1v) is 41.0. The van der Waals surface area contributed by atoms with E-state index in [0.29, 0.717) is 72.9 Å². The quantitative estimate of drug-likeness (QED) is 0.0690. The number of esters is 2. The molecule has 12 rings (SSSR count). The van der Waals surface area contributed by atoms with Crippen LogP contribution in [0.5, 0.6) is 23.3 Å². The van der Waals surface area contributed by atoms with E-state index in [0.717, 1.165) is 12.8 Å². The number of amides is 4. The maximum absolute atomic E-state index is 14.8. The zero-order chi connectivity index (χ0) is 78.3. The van der Waals surface area contributed by atoms with E-state index in [2.05, 4.69) is 33.3 Å². The third-order valence-electron chi connectivity index (χ3n) is 23.6. The van der Waals surface area contributed by atoms with Crippen molar-refractivity contribution in [3.63, 3.8) is 0 Å². The lowest BCUT2D eigenvalue weighted by atomic mass is 9.82. The molecule has 28 heteroatoms. The zero-order valence-electron chi connectivity index (χ0n) is 63.9. The van der Waals surface area contributed by atoms with Crippen LogP contribution in [0.1, 0.15) is 185 Å². The minimum Gasteiger partial charge on any atom is -0.496 e. The summed E-state index contributed by atoms with van der Waals surface area (Å²) in [6.45, 7) is 18.1. The van der Waals surface area contributed by atoms with Crippen molar-refractivity contribution in [1.82, 2.24) is 29.2 Å². The van der Waals surface area contributed by atoms with E-state index in [9.17, 15) is 64.0 Å². The van der Waals surface area contributed by atoms with Crippen molar-refractivity contribution in [2.24, 2.45) is 58.2 Å². The van der Waals surface area contributed by atoms with Crippen molar-refractivity contribution >= 4 is 88.7 Å². The Hall–Kier alpha value is -8.14. The molecule has 0 bridgehead atoms. The normalized spacial score (nSPS) is 30.4. The Morgan fingerprint density at radius 1 is 0.565 bits per heavy atom. The molecule has 2 saturated heterocycles. The van der Waals surface area contributed by atoms with Gasteiger partial charge in [-0.25, -0.2) is 35.6 Å². The number of fused-ring (bicyclic) bond motifs is 6. The standard InChI is InChI=1S/2C40H52FN3O9S/c2*1-23(2)52-35(46)19-30-25(4)15-24(3)9-7-8-10-26-20-40(26,38(48)43-54(49,50)39(5)12-13-39)21-33(45)32-18-28(22-44(32)37(30)47)53-36-31-16-27(41)17-34(51-6)29(31)11-14-42-36/h2*8,10-11,14,16-17,23-26,28,30,32H,7,9,12-13,15,18-22H2,1-6H3,(H,43,48)/b2*10-8-/t24-,25+,26+,28+,30-,32-,40+;24-,25-,26-,28-,30+,32+,40-/m01/s1. The van der Waals surface area contributed by atoms with Gasteiger partial charge in [-0.1, -0.05) is 52.0 Å². The average molecular weight is 1540 g/mol. The van der Waals surface area contributed by atoms with Gasteiger partial charge in [0.05, 0.1) is 107 Å². The Morgan fingerprint density at radius 2 is 0.935 bits per heavy atom. The summed E-state index contributed by atoms with van der Waals surface area (Å²) in [5, 5.41) is 1.82. The Kier molecular flexibility index (Phi) is 24.0. The number of pyridine rings is 2. The highest BCUT2D eigenvalue weighted by atomic mass is 32.2. The van der Waals surface area contributed by atoms with Gasteiger partial charge in [0.15, 0.2) is 11.6 Å². The van der Waals surface area contributed by atoms with Crippen LogP contribution in [0.2, 0.25) is 0 Å². The van der Waals surface area contributed by atoms with Crippen molar-refractivity contribution in [2.45, 2.75) is 231 Å². The lowest BCUT2D eigenvalue weighted by Gasteiger charge is -2.32. The molecule has 108 heavy (non-hydrogen) atoms. The lowest BCUT2D eigenvalue weighted by Crippen LogP contribution is -2.48. The fraction of sp³-hybridized carbons (Fsp3) is 0.625. The molecule has 4 aliphatic heterocycles. The van der Waals surface area contributed by atoms with Gasteiger partial charge in [0, 0.05) is 61.0 Å². The number of rotatable bonds is 18. The second kappa shape index (κ2) is 32.1. The van der Waals surface area contributed by atoms with Gasteiger partial charge in [-0.15, -0.1) is 0 Å². The van der Waals surface area contributed by atoms with Gasteiger partial charge in [-0.05, 0) is 178 Å². The Balaban J connectivity index is 0.000000215. The van der Waals surface area contributed by atoms with Crippen molar-refractivity contribution in [1.29, 1.82) is 0 Å². The van der Waals surface area contributed by atoms with Crippen LogP contribution in [-0.4, -0.2) is 157 Å². The molecule has 2 aromatic carbocycles. The van der Waals surface area contributed by atoms with Crippen molar-refractivity contribution in [2.75, 3.05) is 27.3 Å². The van der Waals surface area contributed by atoms with Gasteiger partial charge >= 0.3 is 11.9 Å². The molecule has 2 aromatic heterocycles. The number of nitrogens with one attached hydrogen (secondary N) is 2. The number of ether oxygens (including phenoxy) is 6. The Morgan fingerprint density at radius 3 is 1.28 bits per heavy atom. The summed E-state index contributed by atoms with van der Waals surface area (Å²) in [6, 6.07) is 6.32. The van der Waals surface area contributed by atoms with Crippen LogP contribution in [0, 0.1) is 69.8 Å². The number of hydrogen-bond acceptors (Lipinski definition) is 20. The zero-order valence-corrected chi connectivity index (χ0v) is 65.5. The minimum atomic E-state index is -3.97. The number of ketones is 2. The van der Waals surface area contributed by atoms with E-state index in [1.54, 1.807) is 53.7 Å². The third kappa shape index (κ3) is 17.7. The molecule has 14 atom stereocenters. The molecule has 2 N–H and O–H groups in total. The predicted molar refractivity (Wildman–Crippen MR) is 397 cm³/mol. The number of Topliss-reactive ketones (excluding diaryl/α,β-unsaturated/α-hetero) is 2. The molecule has 4 saturated carbocycles. The number of benzene rings is 2. The molecule has 6 heterocycles. The van der Waals surface area contributed by atoms with Crippen molar-refractivity contribution in [3.8, 4) is 23.3 Å². The average Bonchev–Trinajstić information content (AvgIpc) is 1.56. The molecule has 0 unspecified atom stereocenters. The van der Waals surface area contributed by atoms with E-state index in [-0.39, 0.29) is 135 Å². The number of nitrogens with zero attached hydrogens (tertiary/aromatic N) is 4. The topological polar surface area (TPSA) is 317 Å². The summed E-state index contributed by atoms with van der Waals surface area (Å²) in [7, 11) is -5.09. The monoisotopic (exact) mass is 1540 g/mol. The molecule has 588 valence electrons. The highest BCUT2D eigenvalue weighted by molar-refractivity contribution is 7.92. The number of hydrogen-bond donors (Lipinski definition) is 2. The molecule has 4 amide bonds. The summed E-state index contributed by atoms with van der Waals surface area (Å²) in [4.78, 5) is 124. The second-order valence-electron chi connectivity index (χ2n) is 32.9. The van der Waals surface area contributed by atoms with E-state index in [4.69, 9.17) is 28.4 Å². The maximum Gasteiger partial charge on any atom is 0.306 e. The predicted octanol–water partition coefficient (Wildman–Crippen LogP) is 11.3. The van der Waals surface area contributed by atoms with Crippen LogP contribution >= 0.6 is 0 Å². The summed E-state index contributed by atoms with van der Waals surface area (Å²) >= 11 is 0. The number of allylic oxidation sites excluding steroid dienone is 4. The molecular weight excluding hydrogens is 1440 g/mol. The third-order valence-corrected chi connectivity index (χ3v) is 28.0. The second-order valence-corrected chi connectivity index (χ2v) is 37.3. The number of carbonyl (C=O) groups excluding carboxylic acids is 8. The Bertz CT molecular complexity index is 4170. The van der Waals surface area contributed by atoms with Gasteiger partial charge in [0.2, 0.25) is 55.4 Å². The van der Waals surface area contributed by atoms with E-state index >= 15 is 0 Å². The van der Waals surface area contributed by atoms with Crippen LogP contribution < -0.4 is 28.4 Å². The molecule has 0 spiro atoms. The number of methoxy groups -OCH3 is 2.